The molecule has 0 aromatic carbocycles. The van der Waals surface area contributed by atoms with Crippen LogP contribution < -0.4 is 0 Å². The second-order valence-corrected chi connectivity index (χ2v) is 8.39. The molecule has 0 fully saturated rings. The van der Waals surface area contributed by atoms with Gasteiger partial charge >= 0.3 is 22.4 Å². The van der Waals surface area contributed by atoms with E-state index in [9.17, 15) is 13.3 Å². The standard InChI is InChI=1S/C9H21F2O6PSi/c1-6-15-19(9(10)11,16-7-2)17-8(3)18(12,13-4)14-5/h8-9H,6-7H2,1-5H3. The molecule has 0 saturated heterocycles. The van der Waals surface area contributed by atoms with Crippen molar-refractivity contribution in [2.75, 3.05) is 27.4 Å². The fourth-order valence-electron chi connectivity index (χ4n) is 1.36. The van der Waals surface area contributed by atoms with Gasteiger partial charge in [-0.05, 0) is 20.8 Å². The smallest absolute Gasteiger partial charge is 0.370 e. The summed E-state index contributed by atoms with van der Waals surface area (Å²) in [6, 6.07) is -2.95. The van der Waals surface area contributed by atoms with Crippen molar-refractivity contribution in [3.05, 3.63) is 0 Å². The van der Waals surface area contributed by atoms with Crippen LogP contribution in [0.2, 0.25) is 0 Å². The van der Waals surface area contributed by atoms with Crippen LogP contribution in [0, 0.1) is 0 Å². The van der Waals surface area contributed by atoms with Crippen molar-refractivity contribution in [3.8, 4) is 0 Å². The van der Waals surface area contributed by atoms with Crippen LogP contribution in [0.25, 0.3) is 0 Å². The topological polar surface area (TPSA) is 63.2 Å². The summed E-state index contributed by atoms with van der Waals surface area (Å²) in [5.74, 6) is -1.22. The molecule has 0 saturated carbocycles. The molecule has 1 atom stereocenters. The van der Waals surface area contributed by atoms with Crippen LogP contribution in [0.3, 0.4) is 0 Å². The fraction of sp³-hybridized carbons (Fsp3) is 1.00. The van der Waals surface area contributed by atoms with E-state index in [2.05, 4.69) is 0 Å². The zero-order valence-corrected chi connectivity index (χ0v) is 13.6. The number of alkyl halides is 2. The summed E-state index contributed by atoms with van der Waals surface area (Å²) in [6.45, 7) is 4.39. The Bertz CT molecular complexity index is 292. The minimum absolute atomic E-state index is 0.00640. The van der Waals surface area contributed by atoms with Crippen LogP contribution in [-0.2, 0) is 26.9 Å². The summed E-state index contributed by atoms with van der Waals surface area (Å²) in [6.07, 6.45) is 0. The van der Waals surface area contributed by atoms with Crippen molar-refractivity contribution in [2.24, 2.45) is 0 Å². The van der Waals surface area contributed by atoms with E-state index in [0.29, 0.717) is 0 Å². The highest BCUT2D eigenvalue weighted by Gasteiger charge is 2.55. The Morgan fingerprint density at radius 2 is 1.53 bits per heavy atom. The van der Waals surface area contributed by atoms with E-state index in [0.717, 1.165) is 14.2 Å². The Kier molecular flexibility index (Phi) is 8.45. The van der Waals surface area contributed by atoms with Gasteiger partial charge in [0.1, 0.15) is 5.85 Å². The zero-order chi connectivity index (χ0) is 15.1. The molecular weight excluding hydrogens is 301 g/mol. The molecule has 1 unspecified atom stereocenters. The normalized spacial score (nSPS) is 14.9. The molecule has 19 heavy (non-hydrogen) atoms. The molecule has 0 bridgehead atoms. The Labute approximate surface area is 113 Å². The third kappa shape index (κ3) is 4.85. The molecule has 116 valence electrons. The molecule has 0 rings (SSSR count). The van der Waals surface area contributed by atoms with E-state index in [1.807, 2.05) is 0 Å². The van der Waals surface area contributed by atoms with E-state index in [1.165, 1.54) is 6.92 Å². The van der Waals surface area contributed by atoms with Gasteiger partial charge in [0, 0.05) is 27.4 Å². The lowest BCUT2D eigenvalue weighted by atomic mass is 10.9. The fourth-order valence-corrected chi connectivity index (χ4v) is 4.92. The van der Waals surface area contributed by atoms with Gasteiger partial charge in [-0.1, -0.05) is 0 Å². The Morgan fingerprint density at radius 1 is 1.11 bits per heavy atom. The lowest BCUT2D eigenvalue weighted by Crippen LogP contribution is -2.54. The molecular formula is C9H21F2O6PSi. The first-order valence-corrected chi connectivity index (χ1v) is 9.18. The third-order valence-electron chi connectivity index (χ3n) is 2.25. The van der Waals surface area contributed by atoms with Crippen LogP contribution in [-0.4, -0.2) is 48.1 Å². The second kappa shape index (κ2) is 8.41. The van der Waals surface area contributed by atoms with Crippen molar-refractivity contribution in [3.63, 3.8) is 0 Å². The average Bonchev–Trinajstić information content (AvgIpc) is 2.37. The molecule has 6 nitrogen and oxygen atoms in total. The highest BCUT2D eigenvalue weighted by atomic mass is 31.2. The third-order valence-corrected chi connectivity index (χ3v) is 7.06. The molecule has 0 aliphatic rings. The SMILES string of the molecule is CCO[Si](OCC)(OC(C)P(=O)(OC)OC)C(F)F. The van der Waals surface area contributed by atoms with Crippen LogP contribution in [0.15, 0.2) is 0 Å². The summed E-state index contributed by atoms with van der Waals surface area (Å²) >= 11 is 0. The van der Waals surface area contributed by atoms with Crippen LogP contribution in [0.4, 0.5) is 8.78 Å². The Morgan fingerprint density at radius 3 is 1.79 bits per heavy atom. The molecule has 0 radical (unpaired) electrons. The van der Waals surface area contributed by atoms with Gasteiger partial charge in [0.05, 0.1) is 0 Å². The predicted octanol–water partition coefficient (Wildman–Crippen LogP) is 2.65. The minimum atomic E-state index is -4.24. The average molecular weight is 322 g/mol. The summed E-state index contributed by atoms with van der Waals surface area (Å²) in [4.78, 5) is 0. The van der Waals surface area contributed by atoms with Gasteiger partial charge in [-0.15, -0.1) is 0 Å². The monoisotopic (exact) mass is 322 g/mol. The lowest BCUT2D eigenvalue weighted by molar-refractivity contribution is -0.00187. The minimum Gasteiger partial charge on any atom is -0.370 e. The van der Waals surface area contributed by atoms with Crippen LogP contribution in [0.1, 0.15) is 20.8 Å². The Balaban J connectivity index is 5.14. The lowest BCUT2D eigenvalue weighted by Gasteiger charge is -2.32. The molecule has 0 amide bonds. The maximum atomic E-state index is 13.2. The quantitative estimate of drug-likeness (QED) is 0.455. The van der Waals surface area contributed by atoms with Crippen molar-refractivity contribution in [1.29, 1.82) is 0 Å². The Hall–Kier alpha value is 0.107. The summed E-state index contributed by atoms with van der Waals surface area (Å²) in [5.41, 5.74) is 0. The van der Waals surface area contributed by atoms with Gasteiger partial charge in [-0.2, -0.15) is 0 Å². The molecule has 10 heteroatoms. The van der Waals surface area contributed by atoms with Gasteiger partial charge < -0.3 is 22.3 Å². The highest BCUT2D eigenvalue weighted by molar-refractivity contribution is 7.54. The largest absolute Gasteiger partial charge is 0.572 e. The van der Waals surface area contributed by atoms with Gasteiger partial charge in [0.25, 0.3) is 0 Å². The second-order valence-electron chi connectivity index (χ2n) is 3.39. The first kappa shape index (κ1) is 19.1. The van der Waals surface area contributed by atoms with Gasteiger partial charge in [-0.25, -0.2) is 8.78 Å². The van der Waals surface area contributed by atoms with E-state index in [1.54, 1.807) is 13.8 Å². The van der Waals surface area contributed by atoms with Gasteiger partial charge in [-0.3, -0.25) is 4.57 Å². The first-order valence-electron chi connectivity index (χ1n) is 5.76. The summed E-state index contributed by atoms with van der Waals surface area (Å²) in [5, 5.41) is 0. The van der Waals surface area contributed by atoms with Crippen molar-refractivity contribution in [2.45, 2.75) is 32.7 Å². The summed E-state index contributed by atoms with van der Waals surface area (Å²) in [7, 11) is -5.58. The van der Waals surface area contributed by atoms with Gasteiger partial charge in [0.15, 0.2) is 0 Å². The maximum Gasteiger partial charge on any atom is 0.572 e. The predicted molar refractivity (Wildman–Crippen MR) is 67.2 cm³/mol. The van der Waals surface area contributed by atoms with E-state index in [-0.39, 0.29) is 13.2 Å². The maximum absolute atomic E-state index is 13.2. The number of rotatable bonds is 10. The zero-order valence-electron chi connectivity index (χ0n) is 11.7. The van der Waals surface area contributed by atoms with Gasteiger partial charge in [0.2, 0.25) is 0 Å². The highest BCUT2D eigenvalue weighted by Crippen LogP contribution is 2.52. The number of hydrogen-bond acceptors (Lipinski definition) is 6. The molecule has 0 aromatic heterocycles. The molecule has 0 N–H and O–H groups in total. The molecule has 0 aliphatic carbocycles. The number of hydrogen-bond donors (Lipinski definition) is 0. The summed E-state index contributed by atoms with van der Waals surface area (Å²) < 4.78 is 63.0. The first-order chi connectivity index (χ1) is 8.81. The van der Waals surface area contributed by atoms with Crippen LogP contribution >= 0.6 is 7.60 Å². The van der Waals surface area contributed by atoms with E-state index < -0.39 is 28.3 Å². The van der Waals surface area contributed by atoms with Crippen molar-refractivity contribution >= 4 is 16.4 Å². The van der Waals surface area contributed by atoms with Crippen LogP contribution in [0.5, 0.6) is 0 Å². The number of halogens is 2. The molecule has 0 aliphatic heterocycles. The molecule has 0 aromatic rings. The van der Waals surface area contributed by atoms with Crippen molar-refractivity contribution in [1.82, 2.24) is 0 Å². The molecule has 0 heterocycles. The van der Waals surface area contributed by atoms with E-state index >= 15 is 0 Å². The van der Waals surface area contributed by atoms with E-state index in [4.69, 9.17) is 22.3 Å². The van der Waals surface area contributed by atoms with Crippen molar-refractivity contribution < 1.29 is 35.7 Å². The molecule has 0 spiro atoms.